The lowest BCUT2D eigenvalue weighted by molar-refractivity contribution is 0.0402. The van der Waals surface area contributed by atoms with Gasteiger partial charge in [-0.1, -0.05) is 6.42 Å². The van der Waals surface area contributed by atoms with Crippen molar-refractivity contribution in [3.05, 3.63) is 0 Å². The number of likely N-dealkylation sites (tertiary alicyclic amines) is 1. The van der Waals surface area contributed by atoms with Crippen LogP contribution in [0.4, 0.5) is 0 Å². The van der Waals surface area contributed by atoms with Crippen LogP contribution in [0.2, 0.25) is 0 Å². The summed E-state index contributed by atoms with van der Waals surface area (Å²) in [5.41, 5.74) is -0.632. The molecule has 0 aromatic heterocycles. The van der Waals surface area contributed by atoms with Gasteiger partial charge >= 0.3 is 0 Å². The number of likely N-dealkylation sites (N-methyl/N-ethyl adjacent to an activating group) is 1. The molecule has 0 amide bonds. The molecule has 1 aliphatic rings. The largest absolute Gasteiger partial charge is 0.389 e. The standard InChI is InChI=1S/C12H26N2O/c1-10(12(2,3)15)13-9-11-7-5-6-8-14(11)4/h10-11,13,15H,5-9H2,1-4H3. The summed E-state index contributed by atoms with van der Waals surface area (Å²) in [5.74, 6) is 0. The summed E-state index contributed by atoms with van der Waals surface area (Å²) in [6, 6.07) is 0.788. The molecule has 0 spiro atoms. The summed E-state index contributed by atoms with van der Waals surface area (Å²) >= 11 is 0. The van der Waals surface area contributed by atoms with Crippen molar-refractivity contribution in [2.24, 2.45) is 0 Å². The monoisotopic (exact) mass is 214 g/mol. The zero-order valence-electron chi connectivity index (χ0n) is 10.6. The van der Waals surface area contributed by atoms with Gasteiger partial charge in [0.2, 0.25) is 0 Å². The maximum atomic E-state index is 9.81. The molecule has 0 saturated carbocycles. The van der Waals surface area contributed by atoms with E-state index in [1.165, 1.54) is 25.8 Å². The minimum Gasteiger partial charge on any atom is -0.389 e. The van der Waals surface area contributed by atoms with Crippen LogP contribution in [-0.4, -0.2) is 47.8 Å². The van der Waals surface area contributed by atoms with Crippen LogP contribution in [0, 0.1) is 0 Å². The van der Waals surface area contributed by atoms with Crippen molar-refractivity contribution >= 4 is 0 Å². The molecule has 0 aliphatic carbocycles. The Morgan fingerprint density at radius 1 is 1.47 bits per heavy atom. The summed E-state index contributed by atoms with van der Waals surface area (Å²) in [6.07, 6.45) is 3.95. The molecular formula is C12H26N2O. The number of rotatable bonds is 4. The molecular weight excluding hydrogens is 188 g/mol. The normalized spacial score (nSPS) is 26.6. The summed E-state index contributed by atoms with van der Waals surface area (Å²) in [5, 5.41) is 13.2. The van der Waals surface area contributed by atoms with Gasteiger partial charge in [0.25, 0.3) is 0 Å². The second-order valence-electron chi connectivity index (χ2n) is 5.41. The van der Waals surface area contributed by atoms with E-state index in [2.05, 4.69) is 17.3 Å². The van der Waals surface area contributed by atoms with E-state index in [0.29, 0.717) is 6.04 Å². The zero-order valence-corrected chi connectivity index (χ0v) is 10.6. The highest BCUT2D eigenvalue weighted by molar-refractivity contribution is 4.83. The molecule has 3 heteroatoms. The van der Waals surface area contributed by atoms with Crippen LogP contribution in [0.1, 0.15) is 40.0 Å². The molecule has 1 fully saturated rings. The third-order valence-electron chi connectivity index (χ3n) is 3.64. The van der Waals surface area contributed by atoms with Crippen LogP contribution < -0.4 is 5.32 Å². The smallest absolute Gasteiger partial charge is 0.0741 e. The van der Waals surface area contributed by atoms with Gasteiger partial charge in [-0.2, -0.15) is 0 Å². The highest BCUT2D eigenvalue weighted by atomic mass is 16.3. The van der Waals surface area contributed by atoms with Crippen molar-refractivity contribution in [2.75, 3.05) is 20.1 Å². The predicted octanol–water partition coefficient (Wildman–Crippen LogP) is 1.22. The van der Waals surface area contributed by atoms with E-state index in [4.69, 9.17) is 0 Å². The molecule has 15 heavy (non-hydrogen) atoms. The van der Waals surface area contributed by atoms with E-state index in [9.17, 15) is 5.11 Å². The first-order valence-electron chi connectivity index (χ1n) is 6.07. The summed E-state index contributed by atoms with van der Waals surface area (Å²) in [6.45, 7) is 7.96. The number of hydrogen-bond donors (Lipinski definition) is 2. The van der Waals surface area contributed by atoms with Crippen LogP contribution in [0.3, 0.4) is 0 Å². The molecule has 1 rings (SSSR count). The van der Waals surface area contributed by atoms with Gasteiger partial charge in [-0.05, 0) is 47.2 Å². The Labute approximate surface area is 93.9 Å². The fourth-order valence-electron chi connectivity index (χ4n) is 1.96. The fraction of sp³-hybridized carbons (Fsp3) is 1.00. The Kier molecular flexibility index (Phi) is 4.56. The molecule has 90 valence electrons. The zero-order chi connectivity index (χ0) is 11.5. The third-order valence-corrected chi connectivity index (χ3v) is 3.64. The Bertz CT molecular complexity index is 189. The van der Waals surface area contributed by atoms with Gasteiger partial charge in [0.15, 0.2) is 0 Å². The van der Waals surface area contributed by atoms with Crippen molar-refractivity contribution in [2.45, 2.75) is 57.7 Å². The second-order valence-corrected chi connectivity index (χ2v) is 5.41. The van der Waals surface area contributed by atoms with Crippen molar-refractivity contribution in [1.29, 1.82) is 0 Å². The molecule has 0 radical (unpaired) electrons. The predicted molar refractivity (Wildman–Crippen MR) is 64.0 cm³/mol. The molecule has 3 nitrogen and oxygen atoms in total. The molecule has 1 saturated heterocycles. The van der Waals surface area contributed by atoms with Gasteiger partial charge in [-0.25, -0.2) is 0 Å². The van der Waals surface area contributed by atoms with E-state index < -0.39 is 5.60 Å². The molecule has 1 aliphatic heterocycles. The van der Waals surface area contributed by atoms with Gasteiger partial charge in [0, 0.05) is 18.6 Å². The minimum atomic E-state index is -0.632. The first kappa shape index (κ1) is 12.9. The lowest BCUT2D eigenvalue weighted by atomic mass is 9.99. The van der Waals surface area contributed by atoms with Crippen LogP contribution in [0.5, 0.6) is 0 Å². The molecule has 0 bridgehead atoms. The Balaban J connectivity index is 2.29. The third kappa shape index (κ3) is 4.09. The molecule has 2 N–H and O–H groups in total. The second kappa shape index (κ2) is 5.28. The number of nitrogens with one attached hydrogen (secondary N) is 1. The van der Waals surface area contributed by atoms with Gasteiger partial charge in [-0.15, -0.1) is 0 Å². The number of hydrogen-bond acceptors (Lipinski definition) is 3. The molecule has 2 atom stereocenters. The van der Waals surface area contributed by atoms with E-state index in [0.717, 1.165) is 6.54 Å². The SMILES string of the molecule is CC(NCC1CCCCN1C)C(C)(C)O. The van der Waals surface area contributed by atoms with Crippen molar-refractivity contribution in [1.82, 2.24) is 10.2 Å². The first-order chi connectivity index (χ1) is 6.91. The van der Waals surface area contributed by atoms with Gasteiger partial charge in [0.05, 0.1) is 5.60 Å². The number of piperidine rings is 1. The Morgan fingerprint density at radius 3 is 2.67 bits per heavy atom. The highest BCUT2D eigenvalue weighted by Gasteiger charge is 2.24. The van der Waals surface area contributed by atoms with Crippen LogP contribution in [0.15, 0.2) is 0 Å². The highest BCUT2D eigenvalue weighted by Crippen LogP contribution is 2.15. The van der Waals surface area contributed by atoms with E-state index in [1.54, 1.807) is 0 Å². The van der Waals surface area contributed by atoms with Crippen molar-refractivity contribution in [3.63, 3.8) is 0 Å². The molecule has 2 unspecified atom stereocenters. The van der Waals surface area contributed by atoms with Crippen LogP contribution in [0.25, 0.3) is 0 Å². The average molecular weight is 214 g/mol. The fourth-order valence-corrected chi connectivity index (χ4v) is 1.96. The molecule has 1 heterocycles. The Hall–Kier alpha value is -0.120. The maximum Gasteiger partial charge on any atom is 0.0741 e. The van der Waals surface area contributed by atoms with E-state index in [-0.39, 0.29) is 6.04 Å². The quantitative estimate of drug-likeness (QED) is 0.738. The first-order valence-corrected chi connectivity index (χ1v) is 6.07. The average Bonchev–Trinajstić information content (AvgIpc) is 2.14. The maximum absolute atomic E-state index is 9.81. The van der Waals surface area contributed by atoms with Crippen molar-refractivity contribution in [3.8, 4) is 0 Å². The van der Waals surface area contributed by atoms with Crippen molar-refractivity contribution < 1.29 is 5.11 Å². The molecule has 0 aromatic carbocycles. The number of aliphatic hydroxyl groups is 1. The van der Waals surface area contributed by atoms with Gasteiger partial charge < -0.3 is 15.3 Å². The van der Waals surface area contributed by atoms with E-state index in [1.807, 2.05) is 20.8 Å². The van der Waals surface area contributed by atoms with E-state index >= 15 is 0 Å². The minimum absolute atomic E-state index is 0.146. The lowest BCUT2D eigenvalue weighted by Gasteiger charge is -2.35. The summed E-state index contributed by atoms with van der Waals surface area (Å²) < 4.78 is 0. The van der Waals surface area contributed by atoms with Gasteiger partial charge in [-0.3, -0.25) is 0 Å². The molecule has 0 aromatic rings. The Morgan fingerprint density at radius 2 is 2.13 bits per heavy atom. The van der Waals surface area contributed by atoms with Crippen LogP contribution >= 0.6 is 0 Å². The number of nitrogens with zero attached hydrogens (tertiary/aromatic N) is 1. The summed E-state index contributed by atoms with van der Waals surface area (Å²) in [4.78, 5) is 2.42. The van der Waals surface area contributed by atoms with Crippen LogP contribution in [-0.2, 0) is 0 Å². The lowest BCUT2D eigenvalue weighted by Crippen LogP contribution is -2.50. The van der Waals surface area contributed by atoms with Gasteiger partial charge in [0.1, 0.15) is 0 Å². The topological polar surface area (TPSA) is 35.5 Å². The summed E-state index contributed by atoms with van der Waals surface area (Å²) in [7, 11) is 2.19.